The van der Waals surface area contributed by atoms with Crippen molar-refractivity contribution in [2.45, 2.75) is 19.0 Å². The van der Waals surface area contributed by atoms with Gasteiger partial charge in [-0.2, -0.15) is 0 Å². The highest BCUT2D eigenvalue weighted by atomic mass is 32.1. The molecule has 4 nitrogen and oxygen atoms in total. The average Bonchev–Trinajstić information content (AvgIpc) is 3.40. The van der Waals surface area contributed by atoms with Gasteiger partial charge in [0.2, 0.25) is 0 Å². The number of hydrogen-bond donors (Lipinski definition) is 1. The summed E-state index contributed by atoms with van der Waals surface area (Å²) in [7, 11) is 0. The number of anilines is 1. The fourth-order valence-corrected chi connectivity index (χ4v) is 4.55. The number of nitrogens with zero attached hydrogens (tertiary/aromatic N) is 3. The second kappa shape index (κ2) is 8.16. The third-order valence-electron chi connectivity index (χ3n) is 5.69. The van der Waals surface area contributed by atoms with Crippen LogP contribution >= 0.6 is 12.2 Å². The number of hydrogen-bond acceptors (Lipinski definition) is 2. The maximum atomic E-state index is 14.0. The molecule has 1 N–H and O–H groups in total. The molecule has 3 heterocycles. The minimum absolute atomic E-state index is 0.253. The van der Waals surface area contributed by atoms with E-state index in [2.05, 4.69) is 10.3 Å². The highest BCUT2D eigenvalue weighted by molar-refractivity contribution is 7.80. The van der Waals surface area contributed by atoms with Crippen molar-refractivity contribution in [3.8, 4) is 5.69 Å². The molecule has 1 fully saturated rings. The topological polar surface area (TPSA) is 33.1 Å². The Bertz CT molecular complexity index is 1290. The van der Waals surface area contributed by atoms with E-state index in [0.29, 0.717) is 16.4 Å². The summed E-state index contributed by atoms with van der Waals surface area (Å²) in [5.41, 5.74) is 3.74. The van der Waals surface area contributed by atoms with Crippen LogP contribution in [0.15, 0.2) is 85.2 Å². The summed E-state index contributed by atoms with van der Waals surface area (Å²) in [5.74, 6) is -0.581. The molecule has 1 aliphatic rings. The molecule has 5 rings (SSSR count). The Morgan fingerprint density at radius 1 is 0.938 bits per heavy atom. The summed E-state index contributed by atoms with van der Waals surface area (Å²) in [5, 5.41) is 3.91. The summed E-state index contributed by atoms with van der Waals surface area (Å²) in [6.45, 7) is 1.73. The van der Waals surface area contributed by atoms with Crippen molar-refractivity contribution in [3.63, 3.8) is 0 Å². The van der Waals surface area contributed by atoms with Gasteiger partial charge in [-0.05, 0) is 85.4 Å². The summed E-state index contributed by atoms with van der Waals surface area (Å²) in [6.07, 6.45) is 3.64. The van der Waals surface area contributed by atoms with E-state index in [9.17, 15) is 8.78 Å². The fourth-order valence-electron chi connectivity index (χ4n) is 4.21. The highest BCUT2D eigenvalue weighted by Crippen LogP contribution is 2.42. The molecule has 2 aromatic heterocycles. The van der Waals surface area contributed by atoms with Crippen molar-refractivity contribution < 1.29 is 8.78 Å². The van der Waals surface area contributed by atoms with Gasteiger partial charge in [-0.15, -0.1) is 0 Å². The van der Waals surface area contributed by atoms with Gasteiger partial charge in [0.1, 0.15) is 17.7 Å². The van der Waals surface area contributed by atoms with Gasteiger partial charge in [-0.1, -0.05) is 12.1 Å². The van der Waals surface area contributed by atoms with Crippen LogP contribution in [0.25, 0.3) is 5.69 Å². The molecule has 0 spiro atoms. The van der Waals surface area contributed by atoms with Gasteiger partial charge in [-0.25, -0.2) is 8.78 Å². The van der Waals surface area contributed by atoms with Crippen LogP contribution in [0.3, 0.4) is 0 Å². The number of thiocarbonyl (C=S) groups is 1. The van der Waals surface area contributed by atoms with Crippen molar-refractivity contribution in [2.75, 3.05) is 4.90 Å². The normalized spacial score (nSPS) is 18.1. The van der Waals surface area contributed by atoms with E-state index in [0.717, 1.165) is 17.1 Å². The molecule has 0 saturated carbocycles. The lowest BCUT2D eigenvalue weighted by Crippen LogP contribution is -2.30. The molecule has 0 aliphatic carbocycles. The van der Waals surface area contributed by atoms with Crippen LogP contribution in [0.5, 0.6) is 0 Å². The Morgan fingerprint density at radius 2 is 1.81 bits per heavy atom. The lowest BCUT2D eigenvalue weighted by molar-refractivity contribution is 0.548. The maximum Gasteiger partial charge on any atom is 0.174 e. The minimum atomic E-state index is -0.311. The summed E-state index contributed by atoms with van der Waals surface area (Å²) < 4.78 is 29.9. The van der Waals surface area contributed by atoms with E-state index < -0.39 is 0 Å². The minimum Gasteiger partial charge on any atom is -0.351 e. The second-order valence-corrected chi connectivity index (χ2v) is 8.10. The van der Waals surface area contributed by atoms with Gasteiger partial charge < -0.3 is 14.8 Å². The molecule has 0 bridgehead atoms. The molecule has 2 atom stereocenters. The van der Waals surface area contributed by atoms with Crippen LogP contribution in [-0.4, -0.2) is 14.7 Å². The average molecular weight is 447 g/mol. The van der Waals surface area contributed by atoms with Gasteiger partial charge in [-0.3, -0.25) is 4.98 Å². The molecule has 32 heavy (non-hydrogen) atoms. The van der Waals surface area contributed by atoms with Crippen molar-refractivity contribution >= 4 is 23.0 Å². The monoisotopic (exact) mass is 446 g/mol. The molecule has 1 saturated heterocycles. The van der Waals surface area contributed by atoms with E-state index in [1.807, 2.05) is 52.1 Å². The Hall–Kier alpha value is -3.58. The van der Waals surface area contributed by atoms with Gasteiger partial charge in [0.05, 0.1) is 11.7 Å². The lowest BCUT2D eigenvalue weighted by Gasteiger charge is -2.29. The Balaban J connectivity index is 1.68. The van der Waals surface area contributed by atoms with Gasteiger partial charge in [0.25, 0.3) is 0 Å². The summed E-state index contributed by atoms with van der Waals surface area (Å²) in [4.78, 5) is 6.53. The third kappa shape index (κ3) is 3.54. The van der Waals surface area contributed by atoms with E-state index in [-0.39, 0.29) is 23.7 Å². The van der Waals surface area contributed by atoms with Crippen LogP contribution in [0, 0.1) is 18.6 Å². The van der Waals surface area contributed by atoms with E-state index in [1.54, 1.807) is 31.3 Å². The van der Waals surface area contributed by atoms with Crippen molar-refractivity contribution in [1.29, 1.82) is 0 Å². The Kier molecular flexibility index (Phi) is 5.19. The standard InChI is InChI=1S/C25H20F2N4S/c1-16-14-19(10-11-20(16)27)31-24(23(29-25(31)32)21-8-2-3-12-28-21)22-9-5-13-30(22)18-7-4-6-17(26)15-18/h2-15,23-24H,1H3,(H,29,32)/t23-,24-/m1/s1. The fraction of sp³-hybridized carbons (Fsp3) is 0.120. The van der Waals surface area contributed by atoms with Crippen LogP contribution in [0.1, 0.15) is 29.0 Å². The molecular formula is C25H20F2N4S. The van der Waals surface area contributed by atoms with Crippen LogP contribution in [0.2, 0.25) is 0 Å². The Morgan fingerprint density at radius 3 is 2.56 bits per heavy atom. The van der Waals surface area contributed by atoms with E-state index in [1.165, 1.54) is 18.2 Å². The molecule has 0 radical (unpaired) electrons. The predicted octanol–water partition coefficient (Wildman–Crippen LogP) is 5.64. The SMILES string of the molecule is Cc1cc(N2C(=S)N[C@H](c3ccccn3)[C@H]2c2cccn2-c2cccc(F)c2)ccc1F. The highest BCUT2D eigenvalue weighted by Gasteiger charge is 2.42. The number of aryl methyl sites for hydroxylation is 1. The second-order valence-electron chi connectivity index (χ2n) is 7.71. The van der Waals surface area contributed by atoms with E-state index in [4.69, 9.17) is 12.2 Å². The van der Waals surface area contributed by atoms with Gasteiger partial charge in [0.15, 0.2) is 5.11 Å². The third-order valence-corrected chi connectivity index (χ3v) is 6.00. The first-order valence-corrected chi connectivity index (χ1v) is 10.6. The van der Waals surface area contributed by atoms with Crippen molar-refractivity contribution in [3.05, 3.63) is 114 Å². The van der Waals surface area contributed by atoms with E-state index >= 15 is 0 Å². The number of aromatic nitrogens is 2. The lowest BCUT2D eigenvalue weighted by atomic mass is 10.0. The molecule has 7 heteroatoms. The molecule has 0 amide bonds. The van der Waals surface area contributed by atoms with Gasteiger partial charge in [0, 0.05) is 29.5 Å². The zero-order valence-corrected chi connectivity index (χ0v) is 18.1. The van der Waals surface area contributed by atoms with Crippen LogP contribution < -0.4 is 10.2 Å². The first-order chi connectivity index (χ1) is 15.5. The van der Waals surface area contributed by atoms with Crippen molar-refractivity contribution in [1.82, 2.24) is 14.9 Å². The number of halogens is 2. The predicted molar refractivity (Wildman–Crippen MR) is 125 cm³/mol. The number of rotatable bonds is 4. The molecule has 160 valence electrons. The number of pyridine rings is 1. The molecule has 1 aliphatic heterocycles. The number of benzene rings is 2. The summed E-state index contributed by atoms with van der Waals surface area (Å²) in [6, 6.07) is 20.5. The molecule has 4 aromatic rings. The largest absolute Gasteiger partial charge is 0.351 e. The first-order valence-electron chi connectivity index (χ1n) is 10.2. The van der Waals surface area contributed by atoms with Crippen LogP contribution in [-0.2, 0) is 0 Å². The first kappa shape index (κ1) is 20.3. The summed E-state index contributed by atoms with van der Waals surface area (Å²) >= 11 is 5.73. The number of nitrogens with one attached hydrogen (secondary N) is 1. The molecule has 2 aromatic carbocycles. The zero-order valence-electron chi connectivity index (χ0n) is 17.2. The smallest absolute Gasteiger partial charge is 0.174 e. The Labute approximate surface area is 190 Å². The quantitative estimate of drug-likeness (QED) is 0.412. The molecule has 0 unspecified atom stereocenters. The zero-order chi connectivity index (χ0) is 22.2. The maximum absolute atomic E-state index is 14.0. The van der Waals surface area contributed by atoms with Crippen LogP contribution in [0.4, 0.5) is 14.5 Å². The molecular weight excluding hydrogens is 426 g/mol. The van der Waals surface area contributed by atoms with Crippen molar-refractivity contribution in [2.24, 2.45) is 0 Å². The van der Waals surface area contributed by atoms with Gasteiger partial charge >= 0.3 is 0 Å².